The maximum Gasteiger partial charge on any atom is 0.355 e. The molecule has 0 bridgehead atoms. The van der Waals surface area contributed by atoms with Crippen molar-refractivity contribution < 1.29 is 19.1 Å². The Kier molecular flexibility index (Phi) is 6.68. The van der Waals surface area contributed by atoms with Gasteiger partial charge in [-0.25, -0.2) is 4.79 Å². The molecule has 0 saturated carbocycles. The fourth-order valence-electron chi connectivity index (χ4n) is 3.19. The monoisotopic (exact) mass is 459 g/mol. The molecule has 7 nitrogen and oxygen atoms in total. The van der Waals surface area contributed by atoms with Crippen molar-refractivity contribution in [2.45, 2.75) is 13.8 Å². The van der Waals surface area contributed by atoms with Gasteiger partial charge in [0.2, 0.25) is 11.8 Å². The summed E-state index contributed by atoms with van der Waals surface area (Å²) in [6.45, 7) is 3.22. The first-order valence-electron chi connectivity index (χ1n) is 9.28. The van der Waals surface area contributed by atoms with Gasteiger partial charge >= 0.3 is 5.97 Å². The first kappa shape index (κ1) is 22.4. The number of carbonyl (C=O) groups excluding carboxylic acids is 3. The minimum absolute atomic E-state index is 0.109. The largest absolute Gasteiger partial charge is 0.461 e. The van der Waals surface area contributed by atoms with Gasteiger partial charge in [-0.1, -0.05) is 35.3 Å². The number of anilines is 1. The average Bonchev–Trinajstić information content (AvgIpc) is 3.04. The Labute approximate surface area is 188 Å². The van der Waals surface area contributed by atoms with Crippen LogP contribution in [0.5, 0.6) is 0 Å². The summed E-state index contributed by atoms with van der Waals surface area (Å²) in [5, 5.41) is 3.81. The first-order chi connectivity index (χ1) is 14.7. The molecule has 0 atom stereocenters. The molecule has 4 N–H and O–H groups in total. The van der Waals surface area contributed by atoms with Crippen LogP contribution in [0.2, 0.25) is 10.0 Å². The molecular formula is C22H19Cl2N3O4. The van der Waals surface area contributed by atoms with Crippen LogP contribution in [0.25, 0.3) is 22.6 Å². The summed E-state index contributed by atoms with van der Waals surface area (Å²) in [5.74, 6) is -1.60. The van der Waals surface area contributed by atoms with E-state index in [9.17, 15) is 14.4 Å². The fourth-order valence-corrected chi connectivity index (χ4v) is 3.79. The molecule has 0 radical (unpaired) electrons. The number of benzene rings is 2. The van der Waals surface area contributed by atoms with Gasteiger partial charge in [0, 0.05) is 39.7 Å². The summed E-state index contributed by atoms with van der Waals surface area (Å²) >= 11 is 12.5. The molecule has 0 aliphatic carbocycles. The zero-order valence-electron chi connectivity index (χ0n) is 16.7. The first-order valence-corrected chi connectivity index (χ1v) is 10.0. The summed E-state index contributed by atoms with van der Waals surface area (Å²) in [7, 11) is 0. The molecule has 0 aliphatic rings. The number of nitrogens with one attached hydrogen (secondary N) is 2. The zero-order valence-corrected chi connectivity index (χ0v) is 18.2. The zero-order chi connectivity index (χ0) is 22.7. The minimum Gasteiger partial charge on any atom is -0.461 e. The van der Waals surface area contributed by atoms with Crippen LogP contribution >= 0.6 is 23.2 Å². The smallest absolute Gasteiger partial charge is 0.355 e. The molecule has 160 valence electrons. The van der Waals surface area contributed by atoms with Gasteiger partial charge in [-0.15, -0.1) is 0 Å². The van der Waals surface area contributed by atoms with Crippen molar-refractivity contribution in [2.75, 3.05) is 11.9 Å². The summed E-state index contributed by atoms with van der Waals surface area (Å²) in [6, 6.07) is 9.77. The van der Waals surface area contributed by atoms with E-state index in [1.165, 1.54) is 19.1 Å². The topological polar surface area (TPSA) is 114 Å². The molecule has 0 spiro atoms. The van der Waals surface area contributed by atoms with E-state index in [-0.39, 0.29) is 28.8 Å². The Morgan fingerprint density at radius 3 is 2.58 bits per heavy atom. The summed E-state index contributed by atoms with van der Waals surface area (Å²) < 4.78 is 5.14. The number of carbonyl (C=O) groups is 3. The van der Waals surface area contributed by atoms with Gasteiger partial charge in [0.05, 0.1) is 11.6 Å². The normalized spacial score (nSPS) is 11.4. The number of primary amides is 1. The number of hydrogen-bond acceptors (Lipinski definition) is 4. The van der Waals surface area contributed by atoms with Crippen LogP contribution in [-0.2, 0) is 14.3 Å². The highest BCUT2D eigenvalue weighted by Crippen LogP contribution is 2.35. The lowest BCUT2D eigenvalue weighted by Crippen LogP contribution is -2.14. The molecule has 1 heterocycles. The number of ether oxygens (including phenoxy) is 1. The van der Waals surface area contributed by atoms with Crippen LogP contribution in [0.15, 0.2) is 36.4 Å². The van der Waals surface area contributed by atoms with E-state index < -0.39 is 11.9 Å². The molecule has 31 heavy (non-hydrogen) atoms. The molecule has 3 rings (SSSR count). The van der Waals surface area contributed by atoms with E-state index in [2.05, 4.69) is 10.3 Å². The van der Waals surface area contributed by atoms with Gasteiger partial charge in [0.15, 0.2) is 0 Å². The number of amides is 2. The Bertz CT molecular complexity index is 1230. The molecule has 2 amide bonds. The van der Waals surface area contributed by atoms with E-state index in [0.717, 1.165) is 0 Å². The third kappa shape index (κ3) is 4.90. The molecule has 2 aromatic carbocycles. The molecule has 9 heteroatoms. The highest BCUT2D eigenvalue weighted by atomic mass is 35.5. The van der Waals surface area contributed by atoms with Crippen LogP contribution in [0.1, 0.15) is 35.5 Å². The predicted octanol–water partition coefficient (Wildman–Crippen LogP) is 4.64. The second-order valence-corrected chi connectivity index (χ2v) is 7.47. The Balaban J connectivity index is 2.27. The van der Waals surface area contributed by atoms with E-state index >= 15 is 0 Å². The maximum atomic E-state index is 12.6. The number of fused-ring (bicyclic) bond motifs is 1. The Morgan fingerprint density at radius 1 is 1.19 bits per heavy atom. The molecular weight excluding hydrogens is 441 g/mol. The summed E-state index contributed by atoms with van der Waals surface area (Å²) in [6.07, 6.45) is 1.47. The van der Waals surface area contributed by atoms with Gasteiger partial charge < -0.3 is 20.8 Å². The standard InChI is InChI=1S/C22H19Cl2N3O4/c1-3-31-22(30)20-16(19-17(24)8-13(23)9-18(19)27-20)10-15(21(25)29)12-5-4-6-14(7-12)26-11(2)28/h4-10,27H,3H2,1-2H3,(H2,25,29)(H,26,28). The molecule has 0 fully saturated rings. The van der Waals surface area contributed by atoms with Crippen LogP contribution in [0, 0.1) is 0 Å². The summed E-state index contributed by atoms with van der Waals surface area (Å²) in [4.78, 5) is 39.2. The lowest BCUT2D eigenvalue weighted by Gasteiger charge is -2.09. The number of esters is 1. The van der Waals surface area contributed by atoms with E-state index in [0.29, 0.717) is 32.7 Å². The van der Waals surface area contributed by atoms with Crippen molar-refractivity contribution in [3.63, 3.8) is 0 Å². The molecule has 0 unspecified atom stereocenters. The van der Waals surface area contributed by atoms with Gasteiger partial charge in [0.25, 0.3) is 0 Å². The van der Waals surface area contributed by atoms with E-state index in [4.69, 9.17) is 33.7 Å². The highest BCUT2D eigenvalue weighted by molar-refractivity contribution is 6.39. The van der Waals surface area contributed by atoms with Crippen molar-refractivity contribution >= 4 is 69.2 Å². The second kappa shape index (κ2) is 9.24. The van der Waals surface area contributed by atoms with Crippen molar-refractivity contribution in [2.24, 2.45) is 5.73 Å². The van der Waals surface area contributed by atoms with Crippen LogP contribution < -0.4 is 11.1 Å². The maximum absolute atomic E-state index is 12.6. The number of H-pyrrole nitrogens is 1. The Morgan fingerprint density at radius 2 is 1.94 bits per heavy atom. The molecule has 1 aromatic heterocycles. The van der Waals surface area contributed by atoms with Crippen molar-refractivity contribution in [1.82, 2.24) is 4.98 Å². The molecule has 3 aromatic rings. The van der Waals surface area contributed by atoms with Gasteiger partial charge in [-0.3, -0.25) is 9.59 Å². The number of aromatic nitrogens is 1. The van der Waals surface area contributed by atoms with Crippen LogP contribution in [-0.4, -0.2) is 29.4 Å². The van der Waals surface area contributed by atoms with Gasteiger partial charge in [-0.05, 0) is 42.8 Å². The Hall–Kier alpha value is -3.29. The summed E-state index contributed by atoms with van der Waals surface area (Å²) in [5.41, 5.74) is 7.67. The third-order valence-electron chi connectivity index (χ3n) is 4.38. The number of aromatic amines is 1. The second-order valence-electron chi connectivity index (χ2n) is 6.63. The van der Waals surface area contributed by atoms with Crippen LogP contribution in [0.4, 0.5) is 5.69 Å². The van der Waals surface area contributed by atoms with Crippen molar-refractivity contribution in [3.8, 4) is 0 Å². The predicted molar refractivity (Wildman–Crippen MR) is 122 cm³/mol. The van der Waals surface area contributed by atoms with Gasteiger partial charge in [0.1, 0.15) is 5.69 Å². The quantitative estimate of drug-likeness (QED) is 0.367. The minimum atomic E-state index is -0.728. The lowest BCUT2D eigenvalue weighted by molar-refractivity contribution is -0.114. The third-order valence-corrected chi connectivity index (χ3v) is 4.90. The number of nitrogens with two attached hydrogens (primary N) is 1. The fraction of sp³-hybridized carbons (Fsp3) is 0.136. The highest BCUT2D eigenvalue weighted by Gasteiger charge is 2.22. The lowest BCUT2D eigenvalue weighted by atomic mass is 10.00. The van der Waals surface area contributed by atoms with E-state index in [1.807, 2.05) is 0 Å². The molecule has 0 saturated heterocycles. The molecule has 0 aliphatic heterocycles. The number of rotatable bonds is 6. The SMILES string of the molecule is CCOC(=O)c1[nH]c2cc(Cl)cc(Cl)c2c1C=C(C(N)=O)c1cccc(NC(C)=O)c1. The number of halogens is 2. The number of hydrogen-bond donors (Lipinski definition) is 3. The van der Waals surface area contributed by atoms with Crippen molar-refractivity contribution in [1.29, 1.82) is 0 Å². The van der Waals surface area contributed by atoms with E-state index in [1.54, 1.807) is 37.3 Å². The van der Waals surface area contributed by atoms with Gasteiger partial charge in [-0.2, -0.15) is 0 Å². The average molecular weight is 460 g/mol. The van der Waals surface area contributed by atoms with Crippen LogP contribution in [0.3, 0.4) is 0 Å². The van der Waals surface area contributed by atoms with Crippen molar-refractivity contribution in [3.05, 3.63) is 63.3 Å².